The zero-order chi connectivity index (χ0) is 17.4. The number of nitrogens with one attached hydrogen (secondary N) is 2. The molecule has 1 fully saturated rings. The van der Waals surface area contributed by atoms with Crippen molar-refractivity contribution in [2.75, 3.05) is 13.2 Å². The van der Waals surface area contributed by atoms with E-state index in [0.29, 0.717) is 12.2 Å². The van der Waals surface area contributed by atoms with E-state index in [1.807, 2.05) is 6.92 Å². The number of hydrogen-bond donors (Lipinski definition) is 2. The normalized spacial score (nSPS) is 13.2. The van der Waals surface area contributed by atoms with Gasteiger partial charge in [-0.25, -0.2) is 0 Å². The number of ketones is 1. The minimum atomic E-state index is -0.294. The van der Waals surface area contributed by atoms with Crippen LogP contribution in [-0.2, 0) is 9.59 Å². The highest BCUT2D eigenvalue weighted by atomic mass is 16.5. The number of benzene rings is 1. The topological polar surface area (TPSA) is 84.5 Å². The number of hydrogen-bond acceptors (Lipinski definition) is 4. The summed E-state index contributed by atoms with van der Waals surface area (Å²) in [5.74, 6) is 0.152. The van der Waals surface area contributed by atoms with Crippen LogP contribution in [0.5, 0.6) is 5.75 Å². The molecule has 0 spiro atoms. The van der Waals surface area contributed by atoms with Gasteiger partial charge in [-0.15, -0.1) is 0 Å². The highest BCUT2D eigenvalue weighted by molar-refractivity contribution is 5.98. The predicted molar refractivity (Wildman–Crippen MR) is 90.0 cm³/mol. The number of carbonyl (C=O) groups is 3. The Morgan fingerprint density at radius 1 is 1.08 bits per heavy atom. The summed E-state index contributed by atoms with van der Waals surface area (Å²) in [6, 6.07) is 7.19. The Bertz CT molecular complexity index is 579. The van der Waals surface area contributed by atoms with Crippen LogP contribution < -0.4 is 15.4 Å². The fourth-order valence-corrected chi connectivity index (χ4v) is 2.10. The summed E-state index contributed by atoms with van der Waals surface area (Å²) in [6.07, 6.45) is 3.14. The van der Waals surface area contributed by atoms with Gasteiger partial charge in [0.2, 0.25) is 11.8 Å². The van der Waals surface area contributed by atoms with E-state index in [1.165, 1.54) is 0 Å². The van der Waals surface area contributed by atoms with E-state index in [4.69, 9.17) is 4.74 Å². The first kappa shape index (κ1) is 18.0. The maximum Gasteiger partial charge on any atom is 0.239 e. The number of carbonyl (C=O) groups excluding carboxylic acids is 3. The second kappa shape index (κ2) is 9.05. The molecule has 0 atom stereocenters. The lowest BCUT2D eigenvalue weighted by molar-refractivity contribution is -0.126. The molecule has 1 aromatic carbocycles. The lowest BCUT2D eigenvalue weighted by Gasteiger charge is -2.07. The molecule has 0 radical (unpaired) electrons. The zero-order valence-corrected chi connectivity index (χ0v) is 14.0. The molecular formula is C18H24N2O4. The Morgan fingerprint density at radius 2 is 1.79 bits per heavy atom. The highest BCUT2D eigenvalue weighted by Gasteiger charge is 2.23. The van der Waals surface area contributed by atoms with Crippen LogP contribution in [0.3, 0.4) is 0 Å². The Morgan fingerprint density at radius 3 is 2.42 bits per heavy atom. The van der Waals surface area contributed by atoms with E-state index in [9.17, 15) is 14.4 Å². The maximum absolute atomic E-state index is 12.1. The molecule has 0 saturated heterocycles. The standard InChI is InChI=1S/C18H24N2O4/c1-2-11-24-15-7-3-13(4-8-15)16(21)9-10-17(22)19-12-18(23)20-14-5-6-14/h3-4,7-8,14H,2,5-6,9-12H2,1H3,(H,19,22)(H,20,23). The average Bonchev–Trinajstić information content (AvgIpc) is 3.40. The minimum absolute atomic E-state index is 0.0347. The number of ether oxygens (including phenoxy) is 1. The third kappa shape index (κ3) is 6.40. The Balaban J connectivity index is 1.67. The molecule has 6 heteroatoms. The zero-order valence-electron chi connectivity index (χ0n) is 14.0. The quantitative estimate of drug-likeness (QED) is 0.640. The molecule has 1 aliphatic rings. The van der Waals surface area contributed by atoms with Crippen molar-refractivity contribution in [3.63, 3.8) is 0 Å². The largest absolute Gasteiger partial charge is 0.494 e. The van der Waals surface area contributed by atoms with Gasteiger partial charge in [-0.3, -0.25) is 14.4 Å². The van der Waals surface area contributed by atoms with Crippen LogP contribution in [0.1, 0.15) is 49.4 Å². The van der Waals surface area contributed by atoms with Gasteiger partial charge in [-0.2, -0.15) is 0 Å². The van der Waals surface area contributed by atoms with Gasteiger partial charge < -0.3 is 15.4 Å². The molecule has 0 aromatic heterocycles. The van der Waals surface area contributed by atoms with E-state index in [0.717, 1.165) is 25.0 Å². The summed E-state index contributed by atoms with van der Waals surface area (Å²) in [6.45, 7) is 2.63. The SMILES string of the molecule is CCCOc1ccc(C(=O)CCC(=O)NCC(=O)NC2CC2)cc1. The third-order valence-corrected chi connectivity index (χ3v) is 3.62. The van der Waals surface area contributed by atoms with Crippen molar-refractivity contribution in [2.45, 2.75) is 45.1 Å². The molecule has 6 nitrogen and oxygen atoms in total. The second-order valence-corrected chi connectivity index (χ2v) is 5.91. The molecule has 1 aromatic rings. The van der Waals surface area contributed by atoms with Crippen LogP contribution in [0.15, 0.2) is 24.3 Å². The highest BCUT2D eigenvalue weighted by Crippen LogP contribution is 2.18. The second-order valence-electron chi connectivity index (χ2n) is 5.91. The molecule has 24 heavy (non-hydrogen) atoms. The van der Waals surface area contributed by atoms with Crippen LogP contribution >= 0.6 is 0 Å². The number of Topliss-reactive ketones (excluding diaryl/α,β-unsaturated/α-hetero) is 1. The van der Waals surface area contributed by atoms with Gasteiger partial charge in [0.15, 0.2) is 5.78 Å². The first-order valence-corrected chi connectivity index (χ1v) is 8.40. The summed E-state index contributed by atoms with van der Waals surface area (Å²) in [4.78, 5) is 35.2. The number of rotatable bonds is 10. The lowest BCUT2D eigenvalue weighted by atomic mass is 10.1. The van der Waals surface area contributed by atoms with Crippen LogP contribution in [0.2, 0.25) is 0 Å². The van der Waals surface area contributed by atoms with Gasteiger partial charge in [0, 0.05) is 24.4 Å². The molecular weight excluding hydrogens is 308 g/mol. The van der Waals surface area contributed by atoms with Gasteiger partial charge in [0.25, 0.3) is 0 Å². The van der Waals surface area contributed by atoms with Crippen LogP contribution in [0.4, 0.5) is 0 Å². The van der Waals surface area contributed by atoms with Crippen molar-refractivity contribution >= 4 is 17.6 Å². The lowest BCUT2D eigenvalue weighted by Crippen LogP contribution is -2.37. The summed E-state index contributed by atoms with van der Waals surface area (Å²) < 4.78 is 5.46. The Kier molecular flexibility index (Phi) is 6.78. The van der Waals surface area contributed by atoms with E-state index in [2.05, 4.69) is 10.6 Å². The Labute approximate surface area is 142 Å². The van der Waals surface area contributed by atoms with Crippen LogP contribution in [-0.4, -0.2) is 36.8 Å². The van der Waals surface area contributed by atoms with Gasteiger partial charge in [-0.05, 0) is 43.5 Å². The maximum atomic E-state index is 12.1. The fraction of sp³-hybridized carbons (Fsp3) is 0.500. The first-order chi connectivity index (χ1) is 11.6. The minimum Gasteiger partial charge on any atom is -0.494 e. The molecule has 0 bridgehead atoms. The van der Waals surface area contributed by atoms with Gasteiger partial charge >= 0.3 is 0 Å². The molecule has 1 aliphatic carbocycles. The molecule has 2 amide bonds. The molecule has 2 rings (SSSR count). The van der Waals surface area contributed by atoms with Gasteiger partial charge in [-0.1, -0.05) is 6.92 Å². The van der Waals surface area contributed by atoms with Crippen molar-refractivity contribution in [3.8, 4) is 5.75 Å². The molecule has 130 valence electrons. The fourth-order valence-electron chi connectivity index (χ4n) is 2.10. The molecule has 0 aliphatic heterocycles. The molecule has 0 heterocycles. The number of amides is 2. The van der Waals surface area contributed by atoms with E-state index in [-0.39, 0.29) is 43.0 Å². The van der Waals surface area contributed by atoms with Gasteiger partial charge in [0.1, 0.15) is 5.75 Å². The predicted octanol–water partition coefficient (Wildman–Crippen LogP) is 1.83. The first-order valence-electron chi connectivity index (χ1n) is 8.40. The summed E-state index contributed by atoms with van der Waals surface area (Å²) in [7, 11) is 0. The Hall–Kier alpha value is -2.37. The van der Waals surface area contributed by atoms with Crippen LogP contribution in [0, 0.1) is 0 Å². The van der Waals surface area contributed by atoms with E-state index >= 15 is 0 Å². The third-order valence-electron chi connectivity index (χ3n) is 3.62. The van der Waals surface area contributed by atoms with Crippen molar-refractivity contribution in [3.05, 3.63) is 29.8 Å². The van der Waals surface area contributed by atoms with Crippen molar-refractivity contribution < 1.29 is 19.1 Å². The molecule has 1 saturated carbocycles. The molecule has 2 N–H and O–H groups in total. The monoisotopic (exact) mass is 332 g/mol. The smallest absolute Gasteiger partial charge is 0.239 e. The molecule has 0 unspecified atom stereocenters. The summed E-state index contributed by atoms with van der Waals surface area (Å²) >= 11 is 0. The average molecular weight is 332 g/mol. The van der Waals surface area contributed by atoms with Crippen molar-refractivity contribution in [1.29, 1.82) is 0 Å². The van der Waals surface area contributed by atoms with E-state index < -0.39 is 0 Å². The van der Waals surface area contributed by atoms with Crippen molar-refractivity contribution in [1.82, 2.24) is 10.6 Å². The van der Waals surface area contributed by atoms with E-state index in [1.54, 1.807) is 24.3 Å². The van der Waals surface area contributed by atoms with Gasteiger partial charge in [0.05, 0.1) is 13.2 Å². The summed E-state index contributed by atoms with van der Waals surface area (Å²) in [5, 5.41) is 5.32. The van der Waals surface area contributed by atoms with Crippen LogP contribution in [0.25, 0.3) is 0 Å². The van der Waals surface area contributed by atoms with Crippen molar-refractivity contribution in [2.24, 2.45) is 0 Å². The summed E-state index contributed by atoms with van der Waals surface area (Å²) in [5.41, 5.74) is 0.554.